The second kappa shape index (κ2) is 11.2. The molecule has 3 aromatic carbocycles. The number of aryl methyl sites for hydroxylation is 2. The summed E-state index contributed by atoms with van der Waals surface area (Å²) in [5.41, 5.74) is 7.53. The number of carboxylic acids is 1. The molecule has 3 aromatic rings. The Morgan fingerprint density at radius 1 is 1.05 bits per heavy atom. The van der Waals surface area contributed by atoms with Gasteiger partial charge in [0.25, 0.3) is 0 Å². The summed E-state index contributed by atoms with van der Waals surface area (Å²) in [6.45, 7) is 5.16. The topological polar surface area (TPSA) is 126 Å². The first kappa shape index (κ1) is 29.0. The van der Waals surface area contributed by atoms with Crippen LogP contribution in [0.1, 0.15) is 64.7 Å². The Morgan fingerprint density at radius 3 is 2.47 bits per heavy atom. The first-order valence-corrected chi connectivity index (χ1v) is 16.3. The smallest absolute Gasteiger partial charge is 0.304 e. The van der Waals surface area contributed by atoms with E-state index in [0.717, 1.165) is 51.8 Å². The SMILES string of the molecule is Cc1cc(OC2CCN(S(C)(=O)=O)C2)cc(C)c1-c1c(C#N)ccc2c1CC[C@H]2Oc1ccc2c(c1)OCC2CC(=O)O. The van der Waals surface area contributed by atoms with Gasteiger partial charge in [-0.2, -0.15) is 9.57 Å². The number of hydrogen-bond donors (Lipinski definition) is 1. The molecule has 1 saturated heterocycles. The Balaban J connectivity index is 1.26. The van der Waals surface area contributed by atoms with Crippen LogP contribution in [0.15, 0.2) is 42.5 Å². The summed E-state index contributed by atoms with van der Waals surface area (Å²) in [6, 6.07) is 15.8. The highest BCUT2D eigenvalue weighted by Gasteiger charge is 2.32. The quantitative estimate of drug-likeness (QED) is 0.370. The van der Waals surface area contributed by atoms with Crippen LogP contribution in [0.5, 0.6) is 17.2 Å². The van der Waals surface area contributed by atoms with Crippen molar-refractivity contribution < 1.29 is 32.5 Å². The third-order valence-corrected chi connectivity index (χ3v) is 9.94. The average molecular weight is 603 g/mol. The van der Waals surface area contributed by atoms with Gasteiger partial charge >= 0.3 is 5.97 Å². The summed E-state index contributed by atoms with van der Waals surface area (Å²) in [5, 5.41) is 19.3. The molecule has 3 aliphatic rings. The fourth-order valence-electron chi connectivity index (χ4n) is 6.72. The molecular formula is C33H34N2O7S. The molecule has 0 aromatic heterocycles. The van der Waals surface area contributed by atoms with E-state index in [1.54, 1.807) is 0 Å². The monoisotopic (exact) mass is 602 g/mol. The van der Waals surface area contributed by atoms with E-state index in [-0.39, 0.29) is 24.5 Å². The van der Waals surface area contributed by atoms with Crippen LogP contribution in [0.25, 0.3) is 11.1 Å². The molecule has 2 heterocycles. The van der Waals surface area contributed by atoms with Crippen LogP contribution < -0.4 is 14.2 Å². The summed E-state index contributed by atoms with van der Waals surface area (Å²) in [7, 11) is -3.25. The number of fused-ring (bicyclic) bond motifs is 2. The second-order valence-electron chi connectivity index (χ2n) is 11.7. The first-order chi connectivity index (χ1) is 20.5. The maximum Gasteiger partial charge on any atom is 0.304 e. The van der Waals surface area contributed by atoms with Crippen LogP contribution in [-0.2, 0) is 21.2 Å². The lowest BCUT2D eigenvalue weighted by Crippen LogP contribution is -2.29. The molecule has 43 heavy (non-hydrogen) atoms. The fourth-order valence-corrected chi connectivity index (χ4v) is 7.59. The van der Waals surface area contributed by atoms with Gasteiger partial charge in [-0.3, -0.25) is 4.79 Å². The third kappa shape index (κ3) is 5.67. The minimum atomic E-state index is -3.25. The summed E-state index contributed by atoms with van der Waals surface area (Å²) >= 11 is 0. The van der Waals surface area contributed by atoms with E-state index < -0.39 is 16.0 Å². The molecule has 0 bridgehead atoms. The lowest BCUT2D eigenvalue weighted by molar-refractivity contribution is -0.137. The molecule has 2 aliphatic heterocycles. The summed E-state index contributed by atoms with van der Waals surface area (Å²) in [5.74, 6) is 1.01. The number of nitrogens with zero attached hydrogens (tertiary/aromatic N) is 2. The molecule has 2 unspecified atom stereocenters. The molecule has 0 spiro atoms. The largest absolute Gasteiger partial charge is 0.492 e. The predicted molar refractivity (Wildman–Crippen MR) is 160 cm³/mol. The Morgan fingerprint density at radius 2 is 1.79 bits per heavy atom. The van der Waals surface area contributed by atoms with Crippen molar-refractivity contribution in [2.45, 2.75) is 57.7 Å². The fraction of sp³-hybridized carbons (Fsp3) is 0.394. The average Bonchev–Trinajstić information content (AvgIpc) is 3.67. The second-order valence-corrected chi connectivity index (χ2v) is 13.7. The first-order valence-electron chi connectivity index (χ1n) is 14.5. The molecule has 224 valence electrons. The van der Waals surface area contributed by atoms with E-state index in [9.17, 15) is 23.6 Å². The molecule has 6 rings (SSSR count). The highest BCUT2D eigenvalue weighted by Crippen LogP contribution is 2.45. The molecular weight excluding hydrogens is 568 g/mol. The van der Waals surface area contributed by atoms with E-state index in [0.29, 0.717) is 48.9 Å². The van der Waals surface area contributed by atoms with Crippen molar-refractivity contribution in [1.82, 2.24) is 4.31 Å². The van der Waals surface area contributed by atoms with Crippen LogP contribution >= 0.6 is 0 Å². The van der Waals surface area contributed by atoms with Gasteiger partial charge in [0.1, 0.15) is 29.5 Å². The number of sulfonamides is 1. The molecule has 1 aliphatic carbocycles. The van der Waals surface area contributed by atoms with E-state index in [4.69, 9.17) is 14.2 Å². The molecule has 3 atom stereocenters. The predicted octanol–water partition coefficient (Wildman–Crippen LogP) is 5.27. The zero-order valence-corrected chi connectivity index (χ0v) is 25.2. The van der Waals surface area contributed by atoms with Gasteiger partial charge in [0.2, 0.25) is 10.0 Å². The molecule has 9 nitrogen and oxygen atoms in total. The van der Waals surface area contributed by atoms with Gasteiger partial charge < -0.3 is 19.3 Å². The highest BCUT2D eigenvalue weighted by molar-refractivity contribution is 7.88. The molecule has 0 amide bonds. The standard InChI is InChI=1S/C33H34N2O7S/c1-19-12-25(41-24-10-11-35(17-24)43(3,38)39)13-20(2)32(19)33-21(16-34)4-6-27-28(33)8-9-29(27)42-23-5-7-26-22(14-31(36)37)18-40-30(26)15-23/h4-7,12-13,15,22,24,29H,8-11,14,17-18H2,1-3H3,(H,36,37)/t22?,24?,29-/m1/s1. The van der Waals surface area contributed by atoms with Gasteiger partial charge in [-0.25, -0.2) is 8.42 Å². The van der Waals surface area contributed by atoms with Crippen molar-refractivity contribution in [2.75, 3.05) is 26.0 Å². The van der Waals surface area contributed by atoms with Crippen molar-refractivity contribution in [3.8, 4) is 34.4 Å². The van der Waals surface area contributed by atoms with Gasteiger partial charge in [-0.05, 0) is 85.2 Å². The Bertz CT molecular complexity index is 1740. The third-order valence-electron chi connectivity index (χ3n) is 8.67. The van der Waals surface area contributed by atoms with Gasteiger partial charge in [-0.15, -0.1) is 0 Å². The molecule has 10 heteroatoms. The van der Waals surface area contributed by atoms with Crippen molar-refractivity contribution in [2.24, 2.45) is 0 Å². The summed E-state index contributed by atoms with van der Waals surface area (Å²) in [4.78, 5) is 11.2. The normalized spacial score (nSPS) is 21.1. The van der Waals surface area contributed by atoms with Gasteiger partial charge in [0.15, 0.2) is 0 Å². The zero-order valence-electron chi connectivity index (χ0n) is 24.4. The number of ether oxygens (including phenoxy) is 3. The molecule has 1 N–H and O–H groups in total. The van der Waals surface area contributed by atoms with Crippen LogP contribution in [0.4, 0.5) is 0 Å². The van der Waals surface area contributed by atoms with Crippen LogP contribution in [0, 0.1) is 25.2 Å². The van der Waals surface area contributed by atoms with E-state index >= 15 is 0 Å². The van der Waals surface area contributed by atoms with Crippen molar-refractivity contribution in [3.05, 3.63) is 75.8 Å². The Hall–Kier alpha value is -4.07. The Kier molecular flexibility index (Phi) is 7.57. The number of carboxylic acid groups (broad SMARTS) is 1. The van der Waals surface area contributed by atoms with Crippen LogP contribution in [-0.4, -0.2) is 55.9 Å². The minimum Gasteiger partial charge on any atom is -0.492 e. The van der Waals surface area contributed by atoms with Crippen molar-refractivity contribution in [3.63, 3.8) is 0 Å². The molecule has 0 saturated carbocycles. The summed E-state index contributed by atoms with van der Waals surface area (Å²) < 4.78 is 43.7. The van der Waals surface area contributed by atoms with Crippen molar-refractivity contribution in [1.29, 1.82) is 5.26 Å². The molecule has 1 fully saturated rings. The number of carbonyl (C=O) groups is 1. The summed E-state index contributed by atoms with van der Waals surface area (Å²) in [6.07, 6.45) is 3.00. The van der Waals surface area contributed by atoms with E-state index in [1.807, 2.05) is 56.3 Å². The van der Waals surface area contributed by atoms with Gasteiger partial charge in [0.05, 0.1) is 37.5 Å². The Labute approximate surface area is 251 Å². The van der Waals surface area contributed by atoms with Gasteiger partial charge in [-0.1, -0.05) is 12.1 Å². The number of benzene rings is 3. The number of nitriles is 1. The van der Waals surface area contributed by atoms with Crippen LogP contribution in [0.2, 0.25) is 0 Å². The van der Waals surface area contributed by atoms with E-state index in [1.165, 1.54) is 10.6 Å². The zero-order chi connectivity index (χ0) is 30.5. The van der Waals surface area contributed by atoms with Gasteiger partial charge in [0, 0.05) is 29.7 Å². The minimum absolute atomic E-state index is 0.0293. The maximum atomic E-state index is 11.9. The number of hydrogen-bond acceptors (Lipinski definition) is 7. The van der Waals surface area contributed by atoms with Crippen LogP contribution in [0.3, 0.4) is 0 Å². The number of rotatable bonds is 8. The van der Waals surface area contributed by atoms with Crippen molar-refractivity contribution >= 4 is 16.0 Å². The maximum absolute atomic E-state index is 11.9. The lowest BCUT2D eigenvalue weighted by atomic mass is 9.87. The highest BCUT2D eigenvalue weighted by atomic mass is 32.2. The molecule has 0 radical (unpaired) electrons. The van der Waals surface area contributed by atoms with E-state index in [2.05, 4.69) is 6.07 Å². The lowest BCUT2D eigenvalue weighted by Gasteiger charge is -2.21. The number of aliphatic carboxylic acids is 1.